The van der Waals surface area contributed by atoms with Gasteiger partial charge in [-0.3, -0.25) is 10.2 Å². The van der Waals surface area contributed by atoms with Crippen molar-refractivity contribution in [2.75, 3.05) is 27.9 Å². The first-order valence-electron chi connectivity index (χ1n) is 10.5. The van der Waals surface area contributed by atoms with Crippen molar-refractivity contribution in [3.63, 3.8) is 0 Å². The number of ether oxygens (including phenoxy) is 3. The van der Waals surface area contributed by atoms with Gasteiger partial charge in [-0.1, -0.05) is 41.9 Å². The van der Waals surface area contributed by atoms with E-state index in [1.54, 1.807) is 39.5 Å². The van der Waals surface area contributed by atoms with Gasteiger partial charge in [0.25, 0.3) is 5.91 Å². The molecule has 0 bridgehead atoms. The summed E-state index contributed by atoms with van der Waals surface area (Å²) in [6, 6.07) is 18.6. The molecule has 0 saturated carbocycles. The fourth-order valence-electron chi connectivity index (χ4n) is 4.12. The third-order valence-corrected chi connectivity index (χ3v) is 5.84. The summed E-state index contributed by atoms with van der Waals surface area (Å²) >= 11 is 6.36. The van der Waals surface area contributed by atoms with Crippen molar-refractivity contribution < 1.29 is 19.0 Å². The number of methoxy groups -OCH3 is 3. The molecule has 9 heteroatoms. The molecule has 34 heavy (non-hydrogen) atoms. The Kier molecular flexibility index (Phi) is 6.90. The second-order valence-electron chi connectivity index (χ2n) is 7.56. The second-order valence-corrected chi connectivity index (χ2v) is 8.00. The summed E-state index contributed by atoms with van der Waals surface area (Å²) in [5.41, 5.74) is 5.49. The van der Waals surface area contributed by atoms with Crippen LogP contribution in [0.4, 0.5) is 5.69 Å². The SMILES string of the molecule is COc1cc(C2=Nc3ccc(Cl)cc3C(c3ccccc3)N2CC(=O)NN)cc(OC)c1OC. The molecule has 1 unspecified atom stereocenters. The first-order valence-corrected chi connectivity index (χ1v) is 10.9. The number of aliphatic imine (C=N–C) groups is 1. The average molecular weight is 481 g/mol. The van der Waals surface area contributed by atoms with Crippen LogP contribution >= 0.6 is 11.6 Å². The maximum atomic E-state index is 12.5. The molecule has 8 nitrogen and oxygen atoms in total. The lowest BCUT2D eigenvalue weighted by Gasteiger charge is -2.38. The smallest absolute Gasteiger partial charge is 0.253 e. The van der Waals surface area contributed by atoms with Crippen LogP contribution in [0.5, 0.6) is 17.2 Å². The molecule has 1 atom stereocenters. The Balaban J connectivity index is 1.98. The molecule has 1 aliphatic heterocycles. The highest BCUT2D eigenvalue weighted by molar-refractivity contribution is 6.30. The Morgan fingerprint density at radius 1 is 1.03 bits per heavy atom. The Morgan fingerprint density at radius 3 is 2.29 bits per heavy atom. The molecule has 0 aliphatic carbocycles. The summed E-state index contributed by atoms with van der Waals surface area (Å²) in [7, 11) is 4.64. The summed E-state index contributed by atoms with van der Waals surface area (Å²) in [5.74, 6) is 7.05. The van der Waals surface area contributed by atoms with Crippen LogP contribution in [0.2, 0.25) is 5.02 Å². The van der Waals surface area contributed by atoms with Gasteiger partial charge in [0.2, 0.25) is 5.75 Å². The van der Waals surface area contributed by atoms with Crippen molar-refractivity contribution in [1.82, 2.24) is 10.3 Å². The zero-order chi connectivity index (χ0) is 24.2. The van der Waals surface area contributed by atoms with Crippen molar-refractivity contribution in [2.24, 2.45) is 10.8 Å². The Labute approximate surface area is 202 Å². The fourth-order valence-corrected chi connectivity index (χ4v) is 4.30. The predicted octanol–water partition coefficient (Wildman–Crippen LogP) is 3.84. The molecule has 0 saturated heterocycles. The van der Waals surface area contributed by atoms with Crippen molar-refractivity contribution in [1.29, 1.82) is 0 Å². The van der Waals surface area contributed by atoms with Crippen molar-refractivity contribution in [2.45, 2.75) is 6.04 Å². The van der Waals surface area contributed by atoms with E-state index in [0.29, 0.717) is 33.7 Å². The Hall–Kier alpha value is -3.75. The molecule has 0 aromatic heterocycles. The standard InChI is InChI=1S/C25H25ClN4O4/c1-32-20-11-16(12-21(33-2)24(20)34-3)25-28-19-10-9-17(26)13-18(19)23(15-7-5-4-6-8-15)30(25)14-22(31)29-27/h4-13,23H,14,27H2,1-3H3,(H,29,31). The molecular weight excluding hydrogens is 456 g/mol. The summed E-state index contributed by atoms with van der Waals surface area (Å²) in [4.78, 5) is 19.3. The predicted molar refractivity (Wildman–Crippen MR) is 131 cm³/mol. The first-order chi connectivity index (χ1) is 16.5. The van der Waals surface area contributed by atoms with Crippen LogP contribution in [0.15, 0.2) is 65.7 Å². The lowest BCUT2D eigenvalue weighted by atomic mass is 9.92. The minimum absolute atomic E-state index is 0.0441. The molecule has 3 N–H and O–H groups in total. The van der Waals surface area contributed by atoms with E-state index >= 15 is 0 Å². The monoisotopic (exact) mass is 480 g/mol. The van der Waals surface area contributed by atoms with Gasteiger partial charge in [-0.15, -0.1) is 0 Å². The van der Waals surface area contributed by atoms with Gasteiger partial charge in [0.05, 0.1) is 33.1 Å². The molecule has 0 spiro atoms. The minimum atomic E-state index is -0.369. The van der Waals surface area contributed by atoms with Crippen molar-refractivity contribution >= 4 is 29.0 Å². The van der Waals surface area contributed by atoms with E-state index in [-0.39, 0.29) is 18.5 Å². The van der Waals surface area contributed by atoms with E-state index < -0.39 is 0 Å². The van der Waals surface area contributed by atoms with Crippen molar-refractivity contribution in [3.05, 3.63) is 82.4 Å². The van der Waals surface area contributed by atoms with E-state index in [1.165, 1.54) is 0 Å². The van der Waals surface area contributed by atoms with Gasteiger partial charge in [0, 0.05) is 16.1 Å². The lowest BCUT2D eigenvalue weighted by molar-refractivity contribution is -0.121. The zero-order valence-electron chi connectivity index (χ0n) is 19.0. The van der Waals surface area contributed by atoms with E-state index in [1.807, 2.05) is 47.4 Å². The van der Waals surface area contributed by atoms with Gasteiger partial charge in [-0.25, -0.2) is 10.8 Å². The number of rotatable bonds is 7. The third-order valence-electron chi connectivity index (χ3n) is 5.61. The zero-order valence-corrected chi connectivity index (χ0v) is 19.8. The molecule has 0 fully saturated rings. The van der Waals surface area contributed by atoms with Crippen LogP contribution in [0.25, 0.3) is 0 Å². The average Bonchev–Trinajstić information content (AvgIpc) is 2.87. The molecule has 1 amide bonds. The number of hydrogen-bond acceptors (Lipinski definition) is 7. The van der Waals surface area contributed by atoms with Crippen LogP contribution in [0.3, 0.4) is 0 Å². The summed E-state index contributed by atoms with van der Waals surface area (Å²) in [6.07, 6.45) is 0. The van der Waals surface area contributed by atoms with Gasteiger partial charge < -0.3 is 19.1 Å². The van der Waals surface area contributed by atoms with Crippen LogP contribution < -0.4 is 25.5 Å². The second kappa shape index (κ2) is 10.0. The molecule has 0 radical (unpaired) electrons. The minimum Gasteiger partial charge on any atom is -0.493 e. The van der Waals surface area contributed by atoms with E-state index in [9.17, 15) is 4.79 Å². The third kappa shape index (κ3) is 4.37. The number of nitrogens with zero attached hydrogens (tertiary/aromatic N) is 2. The number of carbonyl (C=O) groups is 1. The number of hydrazine groups is 1. The van der Waals surface area contributed by atoms with Crippen LogP contribution in [-0.4, -0.2) is 44.5 Å². The molecule has 3 aromatic rings. The number of halogens is 1. The Morgan fingerprint density at radius 2 is 1.71 bits per heavy atom. The topological polar surface area (TPSA) is 98.4 Å². The fraction of sp³-hybridized carbons (Fsp3) is 0.200. The van der Waals surface area contributed by atoms with E-state index in [4.69, 9.17) is 36.6 Å². The molecular formula is C25H25ClN4O4. The quantitative estimate of drug-likeness (QED) is 0.303. The number of amides is 1. The number of nitrogens with one attached hydrogen (secondary N) is 1. The van der Waals surface area contributed by atoms with Gasteiger partial charge in [-0.05, 0) is 35.9 Å². The number of nitrogens with two attached hydrogens (primary N) is 1. The Bertz CT molecular complexity index is 1210. The molecule has 4 rings (SSSR count). The van der Waals surface area contributed by atoms with Gasteiger partial charge >= 0.3 is 0 Å². The highest BCUT2D eigenvalue weighted by Gasteiger charge is 2.34. The largest absolute Gasteiger partial charge is 0.493 e. The maximum Gasteiger partial charge on any atom is 0.253 e. The maximum absolute atomic E-state index is 12.5. The number of carbonyl (C=O) groups excluding carboxylic acids is 1. The summed E-state index contributed by atoms with van der Waals surface area (Å²) in [6.45, 7) is -0.0441. The van der Waals surface area contributed by atoms with Gasteiger partial charge in [0.15, 0.2) is 11.5 Å². The normalized spacial score (nSPS) is 14.7. The van der Waals surface area contributed by atoms with Crippen LogP contribution in [0.1, 0.15) is 22.7 Å². The van der Waals surface area contributed by atoms with Gasteiger partial charge in [-0.2, -0.15) is 0 Å². The van der Waals surface area contributed by atoms with Crippen molar-refractivity contribution in [3.8, 4) is 17.2 Å². The highest BCUT2D eigenvalue weighted by Crippen LogP contribution is 2.44. The first kappa shape index (κ1) is 23.4. The number of amidine groups is 1. The molecule has 3 aromatic carbocycles. The van der Waals surface area contributed by atoms with E-state index in [0.717, 1.165) is 16.8 Å². The molecule has 176 valence electrons. The number of hydrogen-bond donors (Lipinski definition) is 2. The van der Waals surface area contributed by atoms with E-state index in [2.05, 4.69) is 5.43 Å². The van der Waals surface area contributed by atoms with Crippen LogP contribution in [0, 0.1) is 0 Å². The molecule has 1 aliphatic rings. The summed E-state index contributed by atoms with van der Waals surface area (Å²) < 4.78 is 16.6. The van der Waals surface area contributed by atoms with Gasteiger partial charge in [0.1, 0.15) is 12.4 Å². The lowest BCUT2D eigenvalue weighted by Crippen LogP contribution is -2.46. The number of fused-ring (bicyclic) bond motifs is 1. The van der Waals surface area contributed by atoms with Crippen LogP contribution in [-0.2, 0) is 4.79 Å². The highest BCUT2D eigenvalue weighted by atomic mass is 35.5. The molecule has 1 heterocycles. The summed E-state index contributed by atoms with van der Waals surface area (Å²) in [5, 5.41) is 0.578. The number of benzene rings is 3.